The Bertz CT molecular complexity index is 2680. The van der Waals surface area contributed by atoms with Gasteiger partial charge in [0.15, 0.2) is 0 Å². The molecule has 0 saturated heterocycles. The summed E-state index contributed by atoms with van der Waals surface area (Å²) >= 11 is 0. The van der Waals surface area contributed by atoms with E-state index in [-0.39, 0.29) is 0 Å². The summed E-state index contributed by atoms with van der Waals surface area (Å²) < 4.78 is 12.0. The highest BCUT2D eigenvalue weighted by atomic mass is 28.3. The standard InChI is InChI=1S/C48H32N2OSi/c1-3-15-35(16-4-1)52(36-17-5-2-6-18-36)47-29-27-33(49-41-23-11-7-19-37(41)38-20-8-12-24-42(38)49)31-45(47)51-46-32-34(28-30-48(46)52)50-43-25-13-9-21-39(43)40-22-10-14-26-44(40)50/h1-32H/q-1. The summed E-state index contributed by atoms with van der Waals surface area (Å²) in [7, 11) is -2.85. The molecule has 0 amide bonds. The molecule has 1 aliphatic rings. The Kier molecular flexibility index (Phi) is 6.27. The van der Waals surface area contributed by atoms with Crippen LogP contribution >= 0.6 is 0 Å². The molecule has 1 aliphatic heterocycles. The Morgan fingerprint density at radius 2 is 0.654 bits per heavy atom. The molecular weight excluding hydrogens is 649 g/mol. The first-order valence-electron chi connectivity index (χ1n) is 17.9. The Morgan fingerprint density at radius 3 is 1.02 bits per heavy atom. The van der Waals surface area contributed by atoms with Crippen LogP contribution in [0.4, 0.5) is 0 Å². The van der Waals surface area contributed by atoms with Crippen LogP contribution in [-0.2, 0) is 0 Å². The number of ether oxygens (including phenoxy) is 1. The highest BCUT2D eigenvalue weighted by Crippen LogP contribution is 2.38. The molecule has 3 heterocycles. The van der Waals surface area contributed by atoms with E-state index in [0.29, 0.717) is 0 Å². The summed E-state index contributed by atoms with van der Waals surface area (Å²) in [5, 5.41) is 10.2. The Morgan fingerprint density at radius 1 is 0.327 bits per heavy atom. The SMILES string of the molecule is c1ccc([Si-]2(c3ccccc3)c3ccc(-n4c5ccccc5c5ccccc54)cc3Oc3cc(-n4c5ccccc5c5ccccc54)ccc32)cc1. The quantitative estimate of drug-likeness (QED) is 0.170. The van der Waals surface area contributed by atoms with E-state index >= 15 is 0 Å². The van der Waals surface area contributed by atoms with Gasteiger partial charge in [-0.05, 0) is 44.5 Å². The summed E-state index contributed by atoms with van der Waals surface area (Å²) in [6.45, 7) is 0. The van der Waals surface area contributed by atoms with Crippen molar-refractivity contribution < 1.29 is 4.74 Å². The predicted molar refractivity (Wildman–Crippen MR) is 219 cm³/mol. The lowest BCUT2D eigenvalue weighted by atomic mass is 10.2. The summed E-state index contributed by atoms with van der Waals surface area (Å²) in [5.41, 5.74) is 6.90. The first-order chi connectivity index (χ1) is 25.8. The maximum atomic E-state index is 7.21. The van der Waals surface area contributed by atoms with Crippen LogP contribution in [0.2, 0.25) is 0 Å². The van der Waals surface area contributed by atoms with Crippen molar-refractivity contribution in [1.29, 1.82) is 0 Å². The van der Waals surface area contributed by atoms with Crippen molar-refractivity contribution in [3.8, 4) is 22.9 Å². The average molecular weight is 681 g/mol. The predicted octanol–water partition coefficient (Wildman–Crippen LogP) is 9.36. The Balaban J connectivity index is 1.21. The lowest BCUT2D eigenvalue weighted by molar-refractivity contribution is 0.486. The van der Waals surface area contributed by atoms with Gasteiger partial charge in [0.05, 0.1) is 33.6 Å². The number of hydrogen-bond acceptors (Lipinski definition) is 1. The zero-order valence-corrected chi connectivity index (χ0v) is 29.3. The van der Waals surface area contributed by atoms with Crippen molar-refractivity contribution in [2.75, 3.05) is 0 Å². The van der Waals surface area contributed by atoms with Gasteiger partial charge < -0.3 is 13.9 Å². The number of nitrogens with zero attached hydrogens (tertiary/aromatic N) is 2. The Hall–Kier alpha value is -6.62. The van der Waals surface area contributed by atoms with Crippen molar-refractivity contribution in [3.05, 3.63) is 194 Å². The fourth-order valence-corrected chi connectivity index (χ4v) is 13.8. The lowest BCUT2D eigenvalue weighted by Crippen LogP contribution is -2.76. The molecule has 0 N–H and O–H groups in total. The maximum absolute atomic E-state index is 7.21. The fourth-order valence-electron chi connectivity index (χ4n) is 8.92. The summed E-state index contributed by atoms with van der Waals surface area (Å²) in [4.78, 5) is 0. The first kappa shape index (κ1) is 29.1. The molecule has 0 fully saturated rings. The van der Waals surface area contributed by atoms with E-state index in [1.807, 2.05) is 0 Å². The highest BCUT2D eigenvalue weighted by Gasteiger charge is 2.36. The number of para-hydroxylation sites is 4. The number of benzene rings is 8. The van der Waals surface area contributed by atoms with E-state index in [2.05, 4.69) is 203 Å². The number of rotatable bonds is 4. The molecule has 0 aliphatic carbocycles. The van der Waals surface area contributed by atoms with Crippen molar-refractivity contribution >= 4 is 72.4 Å². The molecule has 8 aromatic carbocycles. The molecule has 3 nitrogen and oxygen atoms in total. The van der Waals surface area contributed by atoms with Gasteiger partial charge in [-0.2, -0.15) is 10.4 Å². The molecule has 245 valence electrons. The van der Waals surface area contributed by atoms with Gasteiger partial charge in [0.1, 0.15) is 0 Å². The topological polar surface area (TPSA) is 19.1 Å². The minimum absolute atomic E-state index is 0.908. The number of hydrogen-bond donors (Lipinski definition) is 0. The molecule has 52 heavy (non-hydrogen) atoms. The second kappa shape index (κ2) is 11.2. The third kappa shape index (κ3) is 4.01. The third-order valence-corrected chi connectivity index (χ3v) is 15.9. The van der Waals surface area contributed by atoms with Crippen LogP contribution in [0.1, 0.15) is 0 Å². The number of aromatic nitrogens is 2. The molecule has 4 heteroatoms. The minimum Gasteiger partial charge on any atom is -0.463 e. The first-order valence-corrected chi connectivity index (χ1v) is 19.9. The van der Waals surface area contributed by atoms with Crippen molar-refractivity contribution in [2.24, 2.45) is 0 Å². The van der Waals surface area contributed by atoms with Crippen LogP contribution in [-0.4, -0.2) is 17.2 Å². The van der Waals surface area contributed by atoms with Crippen LogP contribution in [0, 0.1) is 0 Å². The van der Waals surface area contributed by atoms with Gasteiger partial charge >= 0.3 is 0 Å². The molecule has 0 radical (unpaired) electrons. The molecule has 0 spiro atoms. The third-order valence-electron chi connectivity index (χ3n) is 11.0. The van der Waals surface area contributed by atoms with Gasteiger partial charge in [-0.3, -0.25) is 0 Å². The second-order valence-electron chi connectivity index (χ2n) is 13.7. The van der Waals surface area contributed by atoms with E-state index < -0.39 is 8.07 Å². The largest absolute Gasteiger partial charge is 0.463 e. The Labute approximate surface area is 302 Å². The monoisotopic (exact) mass is 680 g/mol. The molecule has 0 bridgehead atoms. The minimum atomic E-state index is -2.85. The normalized spacial score (nSPS) is 13.3. The van der Waals surface area contributed by atoms with Crippen molar-refractivity contribution in [2.45, 2.75) is 0 Å². The zero-order valence-electron chi connectivity index (χ0n) is 28.3. The van der Waals surface area contributed by atoms with Crippen LogP contribution < -0.4 is 25.5 Å². The lowest BCUT2D eigenvalue weighted by Gasteiger charge is -2.51. The van der Waals surface area contributed by atoms with Crippen LogP contribution in [0.15, 0.2) is 194 Å². The summed E-state index contributed by atoms with van der Waals surface area (Å²) in [6.07, 6.45) is 0. The van der Waals surface area contributed by atoms with E-state index in [1.54, 1.807) is 0 Å². The van der Waals surface area contributed by atoms with Gasteiger partial charge in [-0.25, -0.2) is 0 Å². The van der Waals surface area contributed by atoms with E-state index in [9.17, 15) is 0 Å². The summed E-state index contributed by atoms with van der Waals surface area (Å²) in [5.74, 6) is 1.82. The molecule has 11 rings (SSSR count). The molecular formula is C48H32N2OSi-. The van der Waals surface area contributed by atoms with Gasteiger partial charge in [0.2, 0.25) is 0 Å². The van der Waals surface area contributed by atoms with Gasteiger partial charge in [0, 0.05) is 45.1 Å². The van der Waals surface area contributed by atoms with E-state index in [4.69, 9.17) is 4.74 Å². The number of fused-ring (bicyclic) bond motifs is 8. The van der Waals surface area contributed by atoms with Crippen LogP contribution in [0.5, 0.6) is 11.5 Å². The fraction of sp³-hybridized carbons (Fsp3) is 0. The van der Waals surface area contributed by atoms with Crippen LogP contribution in [0.3, 0.4) is 0 Å². The average Bonchev–Trinajstić information content (AvgIpc) is 3.73. The molecule has 10 aromatic rings. The van der Waals surface area contributed by atoms with Crippen LogP contribution in [0.25, 0.3) is 55.0 Å². The molecule has 0 saturated carbocycles. The van der Waals surface area contributed by atoms with E-state index in [0.717, 1.165) is 22.9 Å². The maximum Gasteiger partial charge on any atom is 0.0991 e. The van der Waals surface area contributed by atoms with Gasteiger partial charge in [-0.1, -0.05) is 146 Å². The van der Waals surface area contributed by atoms with Gasteiger partial charge in [0.25, 0.3) is 0 Å². The van der Waals surface area contributed by atoms with Crippen molar-refractivity contribution in [3.63, 3.8) is 0 Å². The van der Waals surface area contributed by atoms with Crippen molar-refractivity contribution in [1.82, 2.24) is 9.13 Å². The van der Waals surface area contributed by atoms with E-state index in [1.165, 1.54) is 64.4 Å². The molecule has 0 atom stereocenters. The zero-order chi connectivity index (χ0) is 34.2. The smallest absolute Gasteiger partial charge is 0.0991 e. The van der Waals surface area contributed by atoms with Gasteiger partial charge in [-0.15, -0.1) is 10.4 Å². The molecule has 2 aromatic heterocycles. The molecule has 0 unspecified atom stereocenters. The second-order valence-corrected chi connectivity index (χ2v) is 17.4. The highest BCUT2D eigenvalue weighted by molar-refractivity contribution is 7.20. The summed E-state index contributed by atoms with van der Waals surface area (Å²) in [6, 6.07) is 70.9.